The number of benzene rings is 1. The molecule has 160 valence electrons. The van der Waals surface area contributed by atoms with E-state index in [2.05, 4.69) is 10.00 Å². The summed E-state index contributed by atoms with van der Waals surface area (Å²) in [5, 5.41) is 5.61. The Morgan fingerprint density at radius 2 is 1.74 bits per heavy atom. The van der Waals surface area contributed by atoms with Crippen molar-refractivity contribution < 1.29 is 9.53 Å². The van der Waals surface area contributed by atoms with E-state index in [4.69, 9.17) is 14.7 Å². The van der Waals surface area contributed by atoms with Gasteiger partial charge < -0.3 is 14.5 Å². The normalized spacial score (nSPS) is 19.1. The van der Waals surface area contributed by atoms with Gasteiger partial charge in [-0.15, -0.1) is 0 Å². The fourth-order valence-corrected chi connectivity index (χ4v) is 4.31. The van der Waals surface area contributed by atoms with E-state index in [9.17, 15) is 4.79 Å². The van der Waals surface area contributed by atoms with Crippen LogP contribution in [0, 0.1) is 5.92 Å². The summed E-state index contributed by atoms with van der Waals surface area (Å²) in [5.41, 5.74) is 1.79. The average molecular weight is 419 g/mol. The van der Waals surface area contributed by atoms with Crippen LogP contribution >= 0.6 is 0 Å². The molecular formula is C23H26N6O2. The second kappa shape index (κ2) is 7.21. The van der Waals surface area contributed by atoms with Crippen LogP contribution in [0.1, 0.15) is 37.4 Å². The van der Waals surface area contributed by atoms with Crippen LogP contribution in [0.25, 0.3) is 16.7 Å². The quantitative estimate of drug-likeness (QED) is 0.634. The number of piperazine rings is 1. The van der Waals surface area contributed by atoms with Gasteiger partial charge in [0.2, 0.25) is 5.91 Å². The van der Waals surface area contributed by atoms with E-state index in [-0.39, 0.29) is 5.92 Å². The van der Waals surface area contributed by atoms with Crippen LogP contribution in [0.3, 0.4) is 0 Å². The van der Waals surface area contributed by atoms with Gasteiger partial charge in [-0.2, -0.15) is 5.10 Å². The molecule has 1 aliphatic heterocycles. The van der Waals surface area contributed by atoms with Crippen LogP contribution in [0.15, 0.2) is 30.5 Å². The molecule has 3 fully saturated rings. The summed E-state index contributed by atoms with van der Waals surface area (Å²) in [6, 6.07) is 7.85. The first kappa shape index (κ1) is 18.6. The number of anilines is 1. The lowest BCUT2D eigenvalue weighted by atomic mass is 10.2. The van der Waals surface area contributed by atoms with E-state index in [1.54, 1.807) is 7.11 Å². The summed E-state index contributed by atoms with van der Waals surface area (Å²) in [6.45, 7) is 3.10. The molecular weight excluding hydrogens is 392 g/mol. The molecule has 0 atom stereocenters. The molecule has 3 aromatic rings. The predicted octanol–water partition coefficient (Wildman–Crippen LogP) is 2.76. The lowest BCUT2D eigenvalue weighted by molar-refractivity contribution is -0.132. The summed E-state index contributed by atoms with van der Waals surface area (Å²) in [6.07, 6.45) is 6.27. The molecule has 2 saturated carbocycles. The maximum absolute atomic E-state index is 12.4. The molecule has 1 saturated heterocycles. The highest BCUT2D eigenvalue weighted by molar-refractivity contribution is 5.88. The van der Waals surface area contributed by atoms with E-state index in [0.29, 0.717) is 11.8 Å². The molecule has 3 aliphatic rings. The Morgan fingerprint density at radius 3 is 2.39 bits per heavy atom. The van der Waals surface area contributed by atoms with Gasteiger partial charge in [0.15, 0.2) is 5.65 Å². The number of methoxy groups -OCH3 is 1. The van der Waals surface area contributed by atoms with Gasteiger partial charge in [0.25, 0.3) is 0 Å². The predicted molar refractivity (Wildman–Crippen MR) is 117 cm³/mol. The van der Waals surface area contributed by atoms with Crippen molar-refractivity contribution in [3.05, 3.63) is 36.3 Å². The highest BCUT2D eigenvalue weighted by atomic mass is 16.5. The number of hydrogen-bond acceptors (Lipinski definition) is 6. The molecule has 3 heterocycles. The standard InChI is InChI=1S/C23H26N6O2/c1-31-18-8-6-17(7-9-18)29-22-19(14-24-29)21(25-20(26-22)15-2-3-15)27-10-12-28(13-11-27)23(30)16-4-5-16/h6-9,14-16H,2-5,10-13H2,1H3. The van der Waals surface area contributed by atoms with Gasteiger partial charge in [0.05, 0.1) is 24.4 Å². The van der Waals surface area contributed by atoms with Crippen LogP contribution in [-0.2, 0) is 4.79 Å². The van der Waals surface area contributed by atoms with Crippen LogP contribution in [-0.4, -0.2) is 63.8 Å². The summed E-state index contributed by atoms with van der Waals surface area (Å²) in [5.74, 6) is 3.73. The highest BCUT2D eigenvalue weighted by Crippen LogP contribution is 2.40. The molecule has 2 aliphatic carbocycles. The summed E-state index contributed by atoms with van der Waals surface area (Å²) in [4.78, 5) is 26.6. The Balaban J connectivity index is 1.34. The van der Waals surface area contributed by atoms with E-state index in [1.807, 2.05) is 40.0 Å². The number of rotatable bonds is 5. The molecule has 2 aromatic heterocycles. The monoisotopic (exact) mass is 418 g/mol. The number of nitrogens with zero attached hydrogens (tertiary/aromatic N) is 6. The van der Waals surface area contributed by atoms with Crippen molar-refractivity contribution in [3.63, 3.8) is 0 Å². The first-order valence-corrected chi connectivity index (χ1v) is 11.1. The van der Waals surface area contributed by atoms with Gasteiger partial charge in [-0.1, -0.05) is 0 Å². The minimum atomic E-state index is 0.279. The van der Waals surface area contributed by atoms with Crippen molar-refractivity contribution in [1.82, 2.24) is 24.6 Å². The Bertz CT molecular complexity index is 1120. The molecule has 1 aromatic carbocycles. The van der Waals surface area contributed by atoms with Gasteiger partial charge in [0.1, 0.15) is 17.4 Å². The molecule has 6 rings (SSSR count). The van der Waals surface area contributed by atoms with E-state index in [0.717, 1.165) is 86.0 Å². The smallest absolute Gasteiger partial charge is 0.225 e. The zero-order chi connectivity index (χ0) is 20.9. The number of fused-ring (bicyclic) bond motifs is 1. The number of carbonyl (C=O) groups excluding carboxylic acids is 1. The minimum absolute atomic E-state index is 0.279. The Labute approximate surface area is 180 Å². The van der Waals surface area contributed by atoms with Crippen molar-refractivity contribution in [2.24, 2.45) is 5.92 Å². The van der Waals surface area contributed by atoms with Crippen LogP contribution < -0.4 is 9.64 Å². The van der Waals surface area contributed by atoms with Crippen molar-refractivity contribution >= 4 is 22.8 Å². The fraction of sp³-hybridized carbons (Fsp3) is 0.478. The molecule has 31 heavy (non-hydrogen) atoms. The second-order valence-corrected chi connectivity index (χ2v) is 8.76. The average Bonchev–Trinajstić information content (AvgIpc) is 3.75. The topological polar surface area (TPSA) is 76.4 Å². The lowest BCUT2D eigenvalue weighted by Crippen LogP contribution is -2.49. The first-order valence-electron chi connectivity index (χ1n) is 11.1. The Morgan fingerprint density at radius 1 is 1.00 bits per heavy atom. The number of amides is 1. The fourth-order valence-electron chi connectivity index (χ4n) is 4.31. The Hall–Kier alpha value is -3.16. The minimum Gasteiger partial charge on any atom is -0.497 e. The zero-order valence-electron chi connectivity index (χ0n) is 17.7. The molecule has 0 unspecified atom stereocenters. The molecule has 0 radical (unpaired) electrons. The van der Waals surface area contributed by atoms with Crippen molar-refractivity contribution in [2.45, 2.75) is 31.6 Å². The summed E-state index contributed by atoms with van der Waals surface area (Å²) >= 11 is 0. The maximum atomic E-state index is 12.4. The van der Waals surface area contributed by atoms with Gasteiger partial charge in [-0.3, -0.25) is 4.79 Å². The third kappa shape index (κ3) is 3.40. The Kier molecular flexibility index (Phi) is 4.33. The molecule has 1 amide bonds. The van der Waals surface area contributed by atoms with E-state index in [1.165, 1.54) is 0 Å². The van der Waals surface area contributed by atoms with Crippen LogP contribution in [0.5, 0.6) is 5.75 Å². The number of hydrogen-bond donors (Lipinski definition) is 0. The van der Waals surface area contributed by atoms with Gasteiger partial charge in [-0.05, 0) is 49.9 Å². The van der Waals surface area contributed by atoms with Crippen molar-refractivity contribution in [2.75, 3.05) is 38.2 Å². The molecule has 0 bridgehead atoms. The second-order valence-electron chi connectivity index (χ2n) is 8.76. The first-order chi connectivity index (χ1) is 15.2. The summed E-state index contributed by atoms with van der Waals surface area (Å²) in [7, 11) is 1.66. The van der Waals surface area contributed by atoms with Gasteiger partial charge >= 0.3 is 0 Å². The third-order valence-electron chi connectivity index (χ3n) is 6.50. The van der Waals surface area contributed by atoms with Crippen molar-refractivity contribution in [1.29, 1.82) is 0 Å². The third-order valence-corrected chi connectivity index (χ3v) is 6.50. The summed E-state index contributed by atoms with van der Waals surface area (Å²) < 4.78 is 7.17. The molecule has 0 spiro atoms. The molecule has 8 nitrogen and oxygen atoms in total. The largest absolute Gasteiger partial charge is 0.497 e. The van der Waals surface area contributed by atoms with E-state index < -0.39 is 0 Å². The van der Waals surface area contributed by atoms with Crippen LogP contribution in [0.4, 0.5) is 5.82 Å². The van der Waals surface area contributed by atoms with Gasteiger partial charge in [0, 0.05) is 38.0 Å². The number of ether oxygens (including phenoxy) is 1. The SMILES string of the molecule is COc1ccc(-n2ncc3c(N4CCN(C(=O)C5CC5)CC4)nc(C4CC4)nc32)cc1. The zero-order valence-corrected chi connectivity index (χ0v) is 17.7. The lowest BCUT2D eigenvalue weighted by Gasteiger charge is -2.35. The molecule has 8 heteroatoms. The van der Waals surface area contributed by atoms with Crippen molar-refractivity contribution in [3.8, 4) is 11.4 Å². The van der Waals surface area contributed by atoms with E-state index >= 15 is 0 Å². The molecule has 0 N–H and O–H groups in total. The maximum Gasteiger partial charge on any atom is 0.225 e. The highest BCUT2D eigenvalue weighted by Gasteiger charge is 2.35. The van der Waals surface area contributed by atoms with Crippen LogP contribution in [0.2, 0.25) is 0 Å². The number of aromatic nitrogens is 4. The van der Waals surface area contributed by atoms with Gasteiger partial charge in [-0.25, -0.2) is 14.6 Å². The number of carbonyl (C=O) groups is 1.